The zero-order chi connectivity index (χ0) is 12.8. The fraction of sp³-hybridized carbons (Fsp3) is 0.571. The summed E-state index contributed by atoms with van der Waals surface area (Å²) in [6.45, 7) is 3.98. The van der Waals surface area contributed by atoms with Crippen molar-refractivity contribution in [3.8, 4) is 0 Å². The van der Waals surface area contributed by atoms with Crippen LogP contribution in [-0.2, 0) is 16.0 Å². The Hall–Kier alpha value is -1.42. The number of rotatable bonds is 4. The second-order valence-electron chi connectivity index (χ2n) is 4.81. The normalized spacial score (nSPS) is 23.6. The number of esters is 1. The van der Waals surface area contributed by atoms with E-state index in [1.165, 1.54) is 0 Å². The number of nitrogens with zero attached hydrogens (tertiary/aromatic N) is 1. The highest BCUT2D eigenvalue weighted by atomic mass is 16.5. The standard InChI is InChI=1S/C14H20N2O2/c1-2-18-13(17)14(6-3-7-16-11-14)10-12-4-8-15-9-5-12/h4-5,8-9,16H,2-3,6-7,10-11H2,1H3/t14-/m0/s1. The van der Waals surface area contributed by atoms with Gasteiger partial charge in [0, 0.05) is 18.9 Å². The highest BCUT2D eigenvalue weighted by molar-refractivity contribution is 5.77. The largest absolute Gasteiger partial charge is 0.466 e. The van der Waals surface area contributed by atoms with E-state index < -0.39 is 5.41 Å². The van der Waals surface area contributed by atoms with E-state index in [1.807, 2.05) is 19.1 Å². The molecule has 0 unspecified atom stereocenters. The molecular formula is C14H20N2O2. The number of aromatic nitrogens is 1. The molecule has 2 rings (SSSR count). The van der Waals surface area contributed by atoms with Crippen molar-refractivity contribution in [1.82, 2.24) is 10.3 Å². The summed E-state index contributed by atoms with van der Waals surface area (Å²) in [5.41, 5.74) is 0.733. The van der Waals surface area contributed by atoms with Gasteiger partial charge < -0.3 is 10.1 Å². The average molecular weight is 248 g/mol. The number of carbonyl (C=O) groups is 1. The lowest BCUT2D eigenvalue weighted by Crippen LogP contribution is -2.47. The van der Waals surface area contributed by atoms with Crippen LogP contribution in [0.15, 0.2) is 24.5 Å². The fourth-order valence-corrected chi connectivity index (χ4v) is 2.54. The van der Waals surface area contributed by atoms with Crippen molar-refractivity contribution >= 4 is 5.97 Å². The lowest BCUT2D eigenvalue weighted by Gasteiger charge is -2.35. The van der Waals surface area contributed by atoms with E-state index in [0.29, 0.717) is 13.2 Å². The number of carbonyl (C=O) groups excluding carboxylic acids is 1. The molecule has 1 aromatic heterocycles. The van der Waals surface area contributed by atoms with Crippen molar-refractivity contribution in [2.24, 2.45) is 5.41 Å². The summed E-state index contributed by atoms with van der Waals surface area (Å²) in [5.74, 6) is -0.0750. The Morgan fingerprint density at radius 1 is 1.50 bits per heavy atom. The van der Waals surface area contributed by atoms with Gasteiger partial charge in [-0.3, -0.25) is 9.78 Å². The van der Waals surface area contributed by atoms with Gasteiger partial charge in [0.15, 0.2) is 0 Å². The second-order valence-corrected chi connectivity index (χ2v) is 4.81. The summed E-state index contributed by atoms with van der Waals surface area (Å²) in [7, 11) is 0. The van der Waals surface area contributed by atoms with Crippen molar-refractivity contribution in [3.63, 3.8) is 0 Å². The van der Waals surface area contributed by atoms with Crippen LogP contribution in [0.1, 0.15) is 25.3 Å². The molecule has 1 aliphatic heterocycles. The van der Waals surface area contributed by atoms with E-state index in [-0.39, 0.29) is 5.97 Å². The number of hydrogen-bond donors (Lipinski definition) is 1. The highest BCUT2D eigenvalue weighted by Crippen LogP contribution is 2.32. The molecule has 0 aliphatic carbocycles. The monoisotopic (exact) mass is 248 g/mol. The molecule has 1 saturated heterocycles. The minimum atomic E-state index is -0.407. The molecule has 0 bridgehead atoms. The van der Waals surface area contributed by atoms with Crippen LogP contribution < -0.4 is 5.32 Å². The summed E-state index contributed by atoms with van der Waals surface area (Å²) in [4.78, 5) is 16.3. The van der Waals surface area contributed by atoms with Crippen LogP contribution in [0.2, 0.25) is 0 Å². The highest BCUT2D eigenvalue weighted by Gasteiger charge is 2.40. The lowest BCUT2D eigenvalue weighted by molar-refractivity contribution is -0.156. The first-order valence-electron chi connectivity index (χ1n) is 6.54. The smallest absolute Gasteiger partial charge is 0.313 e. The molecule has 1 aliphatic rings. The van der Waals surface area contributed by atoms with Crippen molar-refractivity contribution in [2.75, 3.05) is 19.7 Å². The Balaban J connectivity index is 2.16. The molecule has 1 aromatic rings. The molecule has 1 fully saturated rings. The topological polar surface area (TPSA) is 51.2 Å². The van der Waals surface area contributed by atoms with Gasteiger partial charge in [0.25, 0.3) is 0 Å². The minimum Gasteiger partial charge on any atom is -0.466 e. The van der Waals surface area contributed by atoms with Crippen LogP contribution in [0.3, 0.4) is 0 Å². The molecular weight excluding hydrogens is 228 g/mol. The zero-order valence-corrected chi connectivity index (χ0v) is 10.8. The molecule has 1 atom stereocenters. The third kappa shape index (κ3) is 2.88. The predicted octanol–water partition coefficient (Wildman–Crippen LogP) is 1.56. The Bertz CT molecular complexity index is 386. The van der Waals surface area contributed by atoms with Crippen LogP contribution in [0, 0.1) is 5.41 Å². The molecule has 98 valence electrons. The zero-order valence-electron chi connectivity index (χ0n) is 10.8. The maximum atomic E-state index is 12.2. The SMILES string of the molecule is CCOC(=O)[C@]1(Cc2ccncc2)CCCNC1. The molecule has 0 amide bonds. The van der Waals surface area contributed by atoms with Crippen LogP contribution in [-0.4, -0.2) is 30.6 Å². The number of nitrogens with one attached hydrogen (secondary N) is 1. The van der Waals surface area contributed by atoms with Gasteiger partial charge in [-0.2, -0.15) is 0 Å². The van der Waals surface area contributed by atoms with Crippen LogP contribution in [0.4, 0.5) is 0 Å². The third-order valence-corrected chi connectivity index (χ3v) is 3.47. The van der Waals surface area contributed by atoms with Gasteiger partial charge in [0.05, 0.1) is 12.0 Å². The fourth-order valence-electron chi connectivity index (χ4n) is 2.54. The number of ether oxygens (including phenoxy) is 1. The number of hydrogen-bond acceptors (Lipinski definition) is 4. The van der Waals surface area contributed by atoms with Gasteiger partial charge in [-0.25, -0.2) is 0 Å². The first-order chi connectivity index (χ1) is 8.77. The van der Waals surface area contributed by atoms with Gasteiger partial charge in [0.2, 0.25) is 0 Å². The van der Waals surface area contributed by atoms with E-state index in [9.17, 15) is 4.79 Å². The van der Waals surface area contributed by atoms with E-state index in [0.717, 1.165) is 31.4 Å². The molecule has 2 heterocycles. The van der Waals surface area contributed by atoms with Gasteiger partial charge in [-0.15, -0.1) is 0 Å². The molecule has 4 nitrogen and oxygen atoms in total. The van der Waals surface area contributed by atoms with Crippen LogP contribution >= 0.6 is 0 Å². The average Bonchev–Trinajstić information content (AvgIpc) is 2.41. The summed E-state index contributed by atoms with van der Waals surface area (Å²) in [5, 5.41) is 3.32. The lowest BCUT2D eigenvalue weighted by atomic mass is 9.76. The van der Waals surface area contributed by atoms with Crippen molar-refractivity contribution in [2.45, 2.75) is 26.2 Å². The molecule has 0 spiro atoms. The second kappa shape index (κ2) is 5.96. The number of pyridine rings is 1. The molecule has 4 heteroatoms. The molecule has 0 saturated carbocycles. The molecule has 18 heavy (non-hydrogen) atoms. The predicted molar refractivity (Wildman–Crippen MR) is 69.1 cm³/mol. The van der Waals surface area contributed by atoms with Gasteiger partial charge >= 0.3 is 5.97 Å². The Morgan fingerprint density at radius 3 is 2.89 bits per heavy atom. The first-order valence-corrected chi connectivity index (χ1v) is 6.54. The summed E-state index contributed by atoms with van der Waals surface area (Å²) in [6.07, 6.45) is 6.17. The van der Waals surface area contributed by atoms with E-state index in [4.69, 9.17) is 4.74 Å². The molecule has 0 aromatic carbocycles. The van der Waals surface area contributed by atoms with Crippen LogP contribution in [0.5, 0.6) is 0 Å². The maximum absolute atomic E-state index is 12.2. The van der Waals surface area contributed by atoms with Crippen molar-refractivity contribution in [1.29, 1.82) is 0 Å². The van der Waals surface area contributed by atoms with Gasteiger partial charge in [-0.05, 0) is 50.4 Å². The quantitative estimate of drug-likeness (QED) is 0.822. The van der Waals surface area contributed by atoms with E-state index >= 15 is 0 Å². The first kappa shape index (κ1) is 13.0. The van der Waals surface area contributed by atoms with Crippen LogP contribution in [0.25, 0.3) is 0 Å². The molecule has 1 N–H and O–H groups in total. The van der Waals surface area contributed by atoms with Crippen molar-refractivity contribution < 1.29 is 9.53 Å². The summed E-state index contributed by atoms with van der Waals surface area (Å²) in [6, 6.07) is 3.94. The van der Waals surface area contributed by atoms with Gasteiger partial charge in [0.1, 0.15) is 0 Å². The Labute approximate surface area is 108 Å². The maximum Gasteiger partial charge on any atom is 0.313 e. The Morgan fingerprint density at radius 2 is 2.28 bits per heavy atom. The number of piperidine rings is 1. The minimum absolute atomic E-state index is 0.0750. The van der Waals surface area contributed by atoms with E-state index in [2.05, 4.69) is 10.3 Å². The molecule has 0 radical (unpaired) electrons. The third-order valence-electron chi connectivity index (χ3n) is 3.47. The van der Waals surface area contributed by atoms with E-state index in [1.54, 1.807) is 12.4 Å². The summed E-state index contributed by atoms with van der Waals surface area (Å²) >= 11 is 0. The Kier molecular flexibility index (Phi) is 4.31. The van der Waals surface area contributed by atoms with Crippen molar-refractivity contribution in [3.05, 3.63) is 30.1 Å². The van der Waals surface area contributed by atoms with Gasteiger partial charge in [-0.1, -0.05) is 0 Å². The summed E-state index contributed by atoms with van der Waals surface area (Å²) < 4.78 is 5.26.